The number of carbonyl (C=O) groups is 1. The van der Waals surface area contributed by atoms with E-state index < -0.39 is 0 Å². The minimum atomic E-state index is -0.276. The fourth-order valence-corrected chi connectivity index (χ4v) is 4.18. The number of ether oxygens (including phenoxy) is 2. The van der Waals surface area contributed by atoms with Crippen molar-refractivity contribution in [1.82, 2.24) is 20.0 Å². The molecule has 0 radical (unpaired) electrons. The van der Waals surface area contributed by atoms with Gasteiger partial charge >= 0.3 is 0 Å². The fourth-order valence-electron chi connectivity index (χ4n) is 4.18. The van der Waals surface area contributed by atoms with Crippen LogP contribution in [-0.2, 0) is 22.6 Å². The van der Waals surface area contributed by atoms with E-state index >= 15 is 0 Å². The number of amides is 1. The van der Waals surface area contributed by atoms with E-state index in [-0.39, 0.29) is 11.5 Å². The van der Waals surface area contributed by atoms with Gasteiger partial charge < -0.3 is 14.8 Å². The molecule has 2 aliphatic rings. The molecule has 2 saturated heterocycles. The summed E-state index contributed by atoms with van der Waals surface area (Å²) in [6.07, 6.45) is 6.03. The first-order valence-corrected chi connectivity index (χ1v) is 9.92. The molecule has 7 nitrogen and oxygen atoms in total. The zero-order chi connectivity index (χ0) is 19.4. The van der Waals surface area contributed by atoms with Gasteiger partial charge in [0.2, 0.25) is 5.91 Å². The lowest BCUT2D eigenvalue weighted by Gasteiger charge is -2.40. The van der Waals surface area contributed by atoms with Crippen molar-refractivity contribution in [2.45, 2.75) is 38.0 Å². The van der Waals surface area contributed by atoms with Crippen molar-refractivity contribution in [2.24, 2.45) is 0 Å². The van der Waals surface area contributed by atoms with E-state index in [0.717, 1.165) is 43.8 Å². The van der Waals surface area contributed by atoms with Crippen molar-refractivity contribution >= 4 is 5.91 Å². The summed E-state index contributed by atoms with van der Waals surface area (Å²) in [4.78, 5) is 14.4. The van der Waals surface area contributed by atoms with Crippen molar-refractivity contribution in [3.63, 3.8) is 0 Å². The molecule has 4 rings (SSSR count). The van der Waals surface area contributed by atoms with Gasteiger partial charge in [-0.15, -0.1) is 0 Å². The van der Waals surface area contributed by atoms with Crippen LogP contribution in [0, 0.1) is 0 Å². The van der Waals surface area contributed by atoms with Crippen LogP contribution in [0.25, 0.3) is 0 Å². The Morgan fingerprint density at radius 1 is 1.29 bits per heavy atom. The summed E-state index contributed by atoms with van der Waals surface area (Å²) in [5.74, 6) is 0.999. The van der Waals surface area contributed by atoms with Gasteiger partial charge in [0.15, 0.2) is 0 Å². The summed E-state index contributed by atoms with van der Waals surface area (Å²) < 4.78 is 13.5. The highest BCUT2D eigenvalue weighted by molar-refractivity contribution is 5.77. The number of nitrogens with one attached hydrogen (secondary N) is 1. The zero-order valence-electron chi connectivity index (χ0n) is 16.4. The molecule has 1 spiro atoms. The van der Waals surface area contributed by atoms with E-state index in [9.17, 15) is 4.79 Å². The molecule has 28 heavy (non-hydrogen) atoms. The molecule has 0 aliphatic carbocycles. The van der Waals surface area contributed by atoms with Crippen molar-refractivity contribution in [2.75, 3.05) is 33.4 Å². The molecule has 3 heterocycles. The molecule has 1 amide bonds. The lowest BCUT2D eigenvalue weighted by Crippen LogP contribution is -2.46. The first kappa shape index (κ1) is 19.0. The number of benzene rings is 1. The van der Waals surface area contributed by atoms with Crippen LogP contribution in [0.1, 0.15) is 30.4 Å². The molecule has 1 N–H and O–H groups in total. The number of hydrogen-bond acceptors (Lipinski definition) is 5. The highest BCUT2D eigenvalue weighted by Gasteiger charge is 2.38. The topological polar surface area (TPSA) is 68.6 Å². The Bertz CT molecular complexity index is 798. The Hall–Kier alpha value is -2.38. The first-order valence-electron chi connectivity index (χ1n) is 9.92. The molecule has 1 aromatic heterocycles. The van der Waals surface area contributed by atoms with E-state index in [2.05, 4.69) is 27.4 Å². The van der Waals surface area contributed by atoms with Crippen molar-refractivity contribution in [1.29, 1.82) is 0 Å². The van der Waals surface area contributed by atoms with Crippen molar-refractivity contribution in [3.05, 3.63) is 47.8 Å². The monoisotopic (exact) mass is 384 g/mol. The molecule has 0 bridgehead atoms. The third kappa shape index (κ3) is 4.36. The predicted molar refractivity (Wildman–Crippen MR) is 105 cm³/mol. The minimum absolute atomic E-state index is 0.115. The summed E-state index contributed by atoms with van der Waals surface area (Å²) in [6.45, 7) is 4.69. The SMILES string of the molecule is COc1ccc(CN2CCC3(CC2)CC(=O)NCCO3)cc1Cn1cccn1. The number of piperidine rings is 1. The van der Waals surface area contributed by atoms with E-state index in [4.69, 9.17) is 9.47 Å². The molecular formula is C21H28N4O3. The molecule has 0 saturated carbocycles. The fraction of sp³-hybridized carbons (Fsp3) is 0.524. The van der Waals surface area contributed by atoms with Gasteiger partial charge in [-0.3, -0.25) is 14.4 Å². The third-order valence-electron chi connectivity index (χ3n) is 5.73. The Kier molecular flexibility index (Phi) is 5.64. The standard InChI is InChI=1S/C21H28N4O3/c1-27-19-4-3-17(13-18(19)16-25-9-2-7-23-25)15-24-10-5-21(6-11-24)14-20(26)22-8-12-28-21/h2-4,7,9,13H,5-6,8,10-12,14-16H2,1H3,(H,22,26). The lowest BCUT2D eigenvalue weighted by molar-refractivity contribution is -0.128. The van der Waals surface area contributed by atoms with Gasteiger partial charge in [-0.1, -0.05) is 6.07 Å². The smallest absolute Gasteiger partial charge is 0.222 e. The van der Waals surface area contributed by atoms with E-state index in [1.807, 2.05) is 23.0 Å². The number of rotatable bonds is 5. The number of likely N-dealkylation sites (tertiary alicyclic amines) is 1. The molecule has 0 unspecified atom stereocenters. The van der Waals surface area contributed by atoms with Gasteiger partial charge in [-0.25, -0.2) is 0 Å². The van der Waals surface area contributed by atoms with Crippen LogP contribution in [-0.4, -0.2) is 59.5 Å². The van der Waals surface area contributed by atoms with Crippen LogP contribution in [0.4, 0.5) is 0 Å². The van der Waals surface area contributed by atoms with Gasteiger partial charge in [0.1, 0.15) is 5.75 Å². The molecule has 2 fully saturated rings. The Morgan fingerprint density at radius 2 is 2.14 bits per heavy atom. The highest BCUT2D eigenvalue weighted by Crippen LogP contribution is 2.32. The van der Waals surface area contributed by atoms with Gasteiger partial charge in [0.25, 0.3) is 0 Å². The normalized spacial score (nSPS) is 20.0. The quantitative estimate of drug-likeness (QED) is 0.852. The van der Waals surface area contributed by atoms with E-state index in [1.54, 1.807) is 13.3 Å². The Morgan fingerprint density at radius 3 is 2.89 bits per heavy atom. The predicted octanol–water partition coefficient (Wildman–Crippen LogP) is 1.81. The molecule has 2 aromatic rings. The second kappa shape index (κ2) is 8.32. The summed E-state index contributed by atoms with van der Waals surface area (Å²) in [5, 5.41) is 7.20. The first-order chi connectivity index (χ1) is 13.7. The summed E-state index contributed by atoms with van der Waals surface area (Å²) in [7, 11) is 1.70. The summed E-state index contributed by atoms with van der Waals surface area (Å²) in [5.41, 5.74) is 2.11. The van der Waals surface area contributed by atoms with Crippen LogP contribution in [0.5, 0.6) is 5.75 Å². The maximum absolute atomic E-state index is 11.9. The lowest BCUT2D eigenvalue weighted by atomic mass is 9.87. The summed E-state index contributed by atoms with van der Waals surface area (Å²) >= 11 is 0. The number of carbonyl (C=O) groups excluding carboxylic acids is 1. The maximum atomic E-state index is 11.9. The largest absolute Gasteiger partial charge is 0.496 e. The molecule has 150 valence electrons. The summed E-state index contributed by atoms with van der Waals surface area (Å²) in [6, 6.07) is 8.31. The van der Waals surface area contributed by atoms with Crippen molar-refractivity contribution < 1.29 is 14.3 Å². The molecule has 0 atom stereocenters. The van der Waals surface area contributed by atoms with E-state index in [1.165, 1.54) is 5.56 Å². The number of methoxy groups -OCH3 is 1. The van der Waals surface area contributed by atoms with Gasteiger partial charge in [0, 0.05) is 44.1 Å². The average molecular weight is 384 g/mol. The molecule has 7 heteroatoms. The van der Waals surface area contributed by atoms with Crippen LogP contribution in [0.2, 0.25) is 0 Å². The van der Waals surface area contributed by atoms with Gasteiger partial charge in [0.05, 0.1) is 32.3 Å². The van der Waals surface area contributed by atoms with Crippen LogP contribution < -0.4 is 10.1 Å². The molecule has 2 aliphatic heterocycles. The second-order valence-electron chi connectivity index (χ2n) is 7.68. The van der Waals surface area contributed by atoms with Crippen LogP contribution in [0.3, 0.4) is 0 Å². The number of aromatic nitrogens is 2. The van der Waals surface area contributed by atoms with Crippen molar-refractivity contribution in [3.8, 4) is 5.75 Å². The molecule has 1 aromatic carbocycles. The second-order valence-corrected chi connectivity index (χ2v) is 7.68. The van der Waals surface area contributed by atoms with Gasteiger partial charge in [-0.2, -0.15) is 5.10 Å². The Balaban J connectivity index is 1.40. The van der Waals surface area contributed by atoms with E-state index in [0.29, 0.717) is 26.1 Å². The average Bonchev–Trinajstić information content (AvgIpc) is 3.14. The minimum Gasteiger partial charge on any atom is -0.496 e. The maximum Gasteiger partial charge on any atom is 0.222 e. The number of nitrogens with zero attached hydrogens (tertiary/aromatic N) is 3. The third-order valence-corrected chi connectivity index (χ3v) is 5.73. The Labute approximate surface area is 165 Å². The highest BCUT2D eigenvalue weighted by atomic mass is 16.5. The zero-order valence-corrected chi connectivity index (χ0v) is 16.4. The van der Waals surface area contributed by atoms with Crippen LogP contribution in [0.15, 0.2) is 36.7 Å². The van der Waals surface area contributed by atoms with Gasteiger partial charge in [-0.05, 0) is 36.6 Å². The molecular weight excluding hydrogens is 356 g/mol. The number of hydrogen-bond donors (Lipinski definition) is 1. The van der Waals surface area contributed by atoms with Crippen LogP contribution >= 0.6 is 0 Å².